The normalized spacial score (nSPS) is 11.9. The minimum absolute atomic E-state index is 0.876. The highest BCUT2D eigenvalue weighted by Crippen LogP contribution is 2.41. The summed E-state index contributed by atoms with van der Waals surface area (Å²) in [6.45, 7) is 0. The van der Waals surface area contributed by atoms with Crippen LogP contribution in [0.3, 0.4) is 0 Å². The van der Waals surface area contributed by atoms with Crippen LogP contribution in [0.2, 0.25) is 0 Å². The highest BCUT2D eigenvalue weighted by atomic mass is 15.1. The van der Waals surface area contributed by atoms with Gasteiger partial charge in [-0.1, -0.05) is 127 Å². The van der Waals surface area contributed by atoms with Crippen molar-refractivity contribution < 1.29 is 0 Å². The van der Waals surface area contributed by atoms with E-state index in [9.17, 15) is 0 Å². The van der Waals surface area contributed by atoms with Gasteiger partial charge >= 0.3 is 0 Å². The molecule has 0 aliphatic heterocycles. The number of para-hydroxylation sites is 7. The lowest BCUT2D eigenvalue weighted by atomic mass is 10.0. The summed E-state index contributed by atoms with van der Waals surface area (Å²) in [5.41, 5.74) is 10.3. The van der Waals surface area contributed by atoms with E-state index in [0.29, 0.717) is 0 Å². The molecule has 0 atom stereocenters. The lowest BCUT2D eigenvalue weighted by molar-refractivity contribution is 1.01. The predicted octanol–water partition coefficient (Wildman–Crippen LogP) is 12.0. The van der Waals surface area contributed by atoms with Gasteiger partial charge in [0.1, 0.15) is 11.6 Å². The van der Waals surface area contributed by atoms with E-state index in [1.807, 2.05) is 0 Å². The van der Waals surface area contributed by atoms with Gasteiger partial charge < -0.3 is 4.57 Å². The molecular weight excluding hydrogens is 621 g/mol. The molecule has 0 spiro atoms. The van der Waals surface area contributed by atoms with Crippen LogP contribution in [0.15, 0.2) is 182 Å². The first-order valence-corrected chi connectivity index (χ1v) is 17.4. The molecule has 0 unspecified atom stereocenters. The Morgan fingerprint density at radius 1 is 0.314 bits per heavy atom. The van der Waals surface area contributed by atoms with Gasteiger partial charge in [-0.05, 0) is 60.2 Å². The molecule has 0 saturated carbocycles. The average molecular weight is 651 g/mol. The molecule has 4 heteroatoms. The standard InChI is InChI=1S/C47H30N4/c1-2-15-32(16-3-1)49-40-24-9-8-21-38(40)39-23-14-22-33(47(39)49)31-29-45(50-41-25-10-4-17-34(41)35-18-5-11-26-42(35)50)48-46(30-31)51-43-27-12-6-19-36(43)37-20-7-13-28-44(37)51/h1-30H. The second-order valence-corrected chi connectivity index (χ2v) is 13.2. The van der Waals surface area contributed by atoms with Gasteiger partial charge in [0.15, 0.2) is 0 Å². The Morgan fingerprint density at radius 2 is 0.686 bits per heavy atom. The fourth-order valence-corrected chi connectivity index (χ4v) is 8.32. The van der Waals surface area contributed by atoms with Crippen molar-refractivity contribution in [1.29, 1.82) is 0 Å². The van der Waals surface area contributed by atoms with Gasteiger partial charge in [0.05, 0.1) is 33.1 Å². The van der Waals surface area contributed by atoms with Gasteiger partial charge in [0.2, 0.25) is 0 Å². The van der Waals surface area contributed by atoms with Crippen LogP contribution in [0.4, 0.5) is 0 Å². The van der Waals surface area contributed by atoms with Crippen LogP contribution in [0.1, 0.15) is 0 Å². The van der Waals surface area contributed by atoms with Crippen LogP contribution in [-0.4, -0.2) is 18.7 Å². The summed E-state index contributed by atoms with van der Waals surface area (Å²) in [6, 6.07) is 65.3. The molecule has 0 radical (unpaired) electrons. The maximum absolute atomic E-state index is 5.57. The van der Waals surface area contributed by atoms with Crippen molar-refractivity contribution >= 4 is 65.4 Å². The summed E-state index contributed by atoms with van der Waals surface area (Å²) in [7, 11) is 0. The van der Waals surface area contributed by atoms with Gasteiger partial charge in [-0.2, -0.15) is 0 Å². The lowest BCUT2D eigenvalue weighted by Crippen LogP contribution is -2.05. The third-order valence-corrected chi connectivity index (χ3v) is 10.4. The summed E-state index contributed by atoms with van der Waals surface area (Å²) < 4.78 is 7.08. The summed E-state index contributed by atoms with van der Waals surface area (Å²) >= 11 is 0. The smallest absolute Gasteiger partial charge is 0.140 e. The minimum atomic E-state index is 0.876. The number of hydrogen-bond acceptors (Lipinski definition) is 1. The van der Waals surface area contributed by atoms with Crippen molar-refractivity contribution in [2.24, 2.45) is 0 Å². The van der Waals surface area contributed by atoms with Crippen molar-refractivity contribution in [2.45, 2.75) is 0 Å². The van der Waals surface area contributed by atoms with Gasteiger partial charge in [-0.25, -0.2) is 4.98 Å². The number of fused-ring (bicyclic) bond motifs is 9. The molecule has 0 fully saturated rings. The number of pyridine rings is 1. The Labute approximate surface area is 293 Å². The van der Waals surface area contributed by atoms with Gasteiger partial charge in [-0.15, -0.1) is 0 Å². The van der Waals surface area contributed by atoms with E-state index in [2.05, 4.69) is 196 Å². The molecule has 4 heterocycles. The first-order valence-electron chi connectivity index (χ1n) is 17.4. The highest BCUT2D eigenvalue weighted by molar-refractivity contribution is 6.14. The fraction of sp³-hybridized carbons (Fsp3) is 0. The maximum Gasteiger partial charge on any atom is 0.140 e. The molecule has 0 saturated heterocycles. The molecule has 4 nitrogen and oxygen atoms in total. The number of rotatable bonds is 4. The molecule has 0 bridgehead atoms. The van der Waals surface area contributed by atoms with E-state index in [0.717, 1.165) is 50.5 Å². The second kappa shape index (κ2) is 10.8. The first-order chi connectivity index (χ1) is 25.3. The zero-order chi connectivity index (χ0) is 33.5. The van der Waals surface area contributed by atoms with Crippen LogP contribution in [-0.2, 0) is 0 Å². The van der Waals surface area contributed by atoms with Crippen LogP contribution >= 0.6 is 0 Å². The maximum atomic E-state index is 5.57. The Bertz CT molecular complexity index is 2900. The average Bonchev–Trinajstić information content (AvgIpc) is 3.84. The Morgan fingerprint density at radius 3 is 1.16 bits per heavy atom. The first kappa shape index (κ1) is 28.0. The van der Waals surface area contributed by atoms with E-state index >= 15 is 0 Å². The van der Waals surface area contributed by atoms with Crippen molar-refractivity contribution in [3.8, 4) is 28.5 Å². The molecule has 0 aliphatic rings. The number of nitrogens with zero attached hydrogens (tertiary/aromatic N) is 4. The molecule has 0 N–H and O–H groups in total. The second-order valence-electron chi connectivity index (χ2n) is 13.2. The number of benzene rings is 7. The number of hydrogen-bond donors (Lipinski definition) is 0. The van der Waals surface area contributed by atoms with E-state index in [1.54, 1.807) is 0 Å². The molecule has 11 rings (SSSR count). The van der Waals surface area contributed by atoms with Crippen LogP contribution < -0.4 is 0 Å². The quantitative estimate of drug-likeness (QED) is 0.186. The number of aromatic nitrogens is 4. The lowest BCUT2D eigenvalue weighted by Gasteiger charge is -2.16. The summed E-state index contributed by atoms with van der Waals surface area (Å²) in [5, 5.41) is 7.31. The van der Waals surface area contributed by atoms with Crippen LogP contribution in [0.25, 0.3) is 93.9 Å². The van der Waals surface area contributed by atoms with Crippen molar-refractivity contribution in [2.75, 3.05) is 0 Å². The largest absolute Gasteiger partial charge is 0.309 e. The van der Waals surface area contributed by atoms with Gasteiger partial charge in [-0.3, -0.25) is 9.13 Å². The Balaban J connectivity index is 1.30. The zero-order valence-electron chi connectivity index (χ0n) is 27.6. The summed E-state index contributed by atoms with van der Waals surface area (Å²) in [6.07, 6.45) is 0. The molecule has 4 aromatic heterocycles. The Kier molecular flexibility index (Phi) is 5.92. The third kappa shape index (κ3) is 4.05. The van der Waals surface area contributed by atoms with Crippen molar-refractivity contribution in [1.82, 2.24) is 18.7 Å². The molecular formula is C47H30N4. The minimum Gasteiger partial charge on any atom is -0.309 e. The monoisotopic (exact) mass is 650 g/mol. The van der Waals surface area contributed by atoms with Crippen LogP contribution in [0.5, 0.6) is 0 Å². The summed E-state index contributed by atoms with van der Waals surface area (Å²) in [5.74, 6) is 1.75. The molecule has 238 valence electrons. The van der Waals surface area contributed by atoms with Crippen LogP contribution in [0, 0.1) is 0 Å². The van der Waals surface area contributed by atoms with Crippen molar-refractivity contribution in [3.05, 3.63) is 182 Å². The SMILES string of the molecule is c1ccc(-n2c3ccccc3c3cccc(-c4cc(-n5c6ccccc6c6ccccc65)nc(-n5c6ccccc6c6ccccc65)c4)c32)cc1. The van der Waals surface area contributed by atoms with Gasteiger partial charge in [0, 0.05) is 43.6 Å². The molecule has 11 aromatic rings. The van der Waals surface area contributed by atoms with E-state index in [-0.39, 0.29) is 0 Å². The molecule has 0 amide bonds. The van der Waals surface area contributed by atoms with E-state index < -0.39 is 0 Å². The van der Waals surface area contributed by atoms with E-state index in [1.165, 1.54) is 43.4 Å². The van der Waals surface area contributed by atoms with Crippen molar-refractivity contribution in [3.63, 3.8) is 0 Å². The molecule has 7 aromatic carbocycles. The molecule has 51 heavy (non-hydrogen) atoms. The third-order valence-electron chi connectivity index (χ3n) is 10.4. The summed E-state index contributed by atoms with van der Waals surface area (Å²) in [4.78, 5) is 5.57. The Hall–Kier alpha value is -6.91. The zero-order valence-corrected chi connectivity index (χ0v) is 27.6. The topological polar surface area (TPSA) is 27.7 Å². The predicted molar refractivity (Wildman–Crippen MR) is 213 cm³/mol. The van der Waals surface area contributed by atoms with Gasteiger partial charge in [0.25, 0.3) is 0 Å². The fourth-order valence-electron chi connectivity index (χ4n) is 8.32. The highest BCUT2D eigenvalue weighted by Gasteiger charge is 2.21. The molecule has 0 aliphatic carbocycles. The van der Waals surface area contributed by atoms with E-state index in [4.69, 9.17) is 4.98 Å².